The molecule has 0 aliphatic rings. The van der Waals surface area contributed by atoms with Gasteiger partial charge in [0.05, 0.1) is 22.7 Å². The molecule has 0 radical (unpaired) electrons. The van der Waals surface area contributed by atoms with Crippen molar-refractivity contribution in [2.24, 2.45) is 30.4 Å². The number of azo groups is 2. The molecule has 494 valence electrons. The summed E-state index contributed by atoms with van der Waals surface area (Å²) in [6, 6.07) is 45.6. The zero-order valence-electron chi connectivity index (χ0n) is 52.6. The maximum Gasteiger partial charge on any atom is 1.00 e. The number of aromatic hydroxyl groups is 2. The molecular weight excluding hydrogens is 1520 g/mol. The summed E-state index contributed by atoms with van der Waals surface area (Å²) in [5, 5.41) is 64.9. The number of halogens is 2. The summed E-state index contributed by atoms with van der Waals surface area (Å²) in [6.07, 6.45) is 0. The van der Waals surface area contributed by atoms with Gasteiger partial charge in [-0.25, -0.2) is 18.4 Å². The van der Waals surface area contributed by atoms with E-state index in [4.69, 9.17) is 23.2 Å². The van der Waals surface area contributed by atoms with Crippen LogP contribution in [0, 0.1) is 0 Å². The first-order chi connectivity index (χ1) is 45.5. The van der Waals surface area contributed by atoms with Crippen molar-refractivity contribution in [3.8, 4) is 23.0 Å². The molecule has 10 aromatic carbocycles. The fourth-order valence-electron chi connectivity index (χ4n) is 9.72. The van der Waals surface area contributed by atoms with E-state index in [9.17, 15) is 72.3 Å². The van der Waals surface area contributed by atoms with E-state index >= 15 is 0 Å². The minimum Gasteiger partial charge on any atom is -0.871 e. The SMILES string of the molecule is O=S(=O)(O)CN(c1ccccc1)c1nc(Cl)nc(=Nc2ccc3c(N=Nc4c(O)ccc5ccccc45)c(O)cc(S(=O)(=O)O)c3c2)[nH]1.O=S(=O)([O-])CN(c1ccccc1)c1nc(Cl)nc(=Nc2ccc3c(N=Nc4c([O-])ccc5ccccc45)c([O-])cc(S(=O)(=O)O)c3c2)[nH]1.[Cr].[Na+].[Na+].[Na+].[Na+]. The molecule has 0 bridgehead atoms. The molecule has 12 rings (SSSR count). The molecule has 0 spiro atoms. The van der Waals surface area contributed by atoms with Crippen LogP contribution >= 0.6 is 23.2 Å². The molecule has 0 saturated heterocycles. The minimum absolute atomic E-state index is 0. The van der Waals surface area contributed by atoms with Crippen molar-refractivity contribution in [2.75, 3.05) is 21.6 Å². The standard InChI is InChI=1S/2C30H22ClN7O8S2.Cr.4Na/c2*31-28-33-29(35-30(34-28)38(16-47(41,42)43)19-7-2-1-3-8-19)32-18-11-12-21-22(14-18)25(48(44,45)46)15-24(40)27(21)37-36-26-20-9-5-4-6-17(20)10-13-23(26)39;;;;;/h2*1-15,39-40H,16H2,(H,41,42,43)(H,44,45,46)(H,32,33,34,35);;;;;/q;;;4*+1/p-3. The van der Waals surface area contributed by atoms with Crippen LogP contribution in [-0.4, -0.2) is 104 Å². The smallest absolute Gasteiger partial charge is 0.871 e. The first kappa shape index (κ1) is 83.6. The number of rotatable bonds is 16. The summed E-state index contributed by atoms with van der Waals surface area (Å²) < 4.78 is 138. The quantitative estimate of drug-likeness (QED) is 0.0329. The number of H-pyrrole nitrogens is 2. The van der Waals surface area contributed by atoms with Crippen LogP contribution in [0.3, 0.4) is 0 Å². The third-order valence-electron chi connectivity index (χ3n) is 13.8. The Morgan fingerprint density at radius 2 is 0.822 bits per heavy atom. The first-order valence-corrected chi connectivity index (χ1v) is 34.0. The fraction of sp³-hybridized carbons (Fsp3) is 0.0333. The third kappa shape index (κ3) is 20.5. The van der Waals surface area contributed by atoms with E-state index in [1.165, 1.54) is 60.7 Å². The Morgan fingerprint density at radius 1 is 0.426 bits per heavy atom. The third-order valence-corrected chi connectivity index (χ3v) is 17.1. The Labute approximate surface area is 682 Å². The molecule has 2 aromatic heterocycles. The summed E-state index contributed by atoms with van der Waals surface area (Å²) in [6.45, 7) is 0. The van der Waals surface area contributed by atoms with Gasteiger partial charge in [-0.1, -0.05) is 115 Å². The molecule has 7 N–H and O–H groups in total. The number of aromatic nitrogens is 6. The van der Waals surface area contributed by atoms with Gasteiger partial charge in [-0.05, 0) is 107 Å². The molecule has 0 aliphatic heterocycles. The van der Waals surface area contributed by atoms with E-state index in [1.54, 1.807) is 97.1 Å². The Balaban J connectivity index is 0.000000303. The second-order valence-corrected chi connectivity index (χ2v) is 26.5. The second kappa shape index (κ2) is 34.9. The molecule has 12 aromatic rings. The van der Waals surface area contributed by atoms with Crippen LogP contribution in [0.15, 0.2) is 222 Å². The largest absolute Gasteiger partial charge is 1.00 e. The van der Waals surface area contributed by atoms with E-state index in [0.29, 0.717) is 27.9 Å². The molecule has 0 fully saturated rings. The van der Waals surface area contributed by atoms with E-state index in [1.807, 2.05) is 12.1 Å². The molecular formula is C60H41Cl2CrN14Na4O16S4+. The van der Waals surface area contributed by atoms with Crippen LogP contribution < -0.4 is 149 Å². The van der Waals surface area contributed by atoms with Crippen molar-refractivity contribution in [1.29, 1.82) is 0 Å². The van der Waals surface area contributed by atoms with Crippen LogP contribution in [0.1, 0.15) is 0 Å². The Kier molecular flexibility index (Phi) is 28.9. The molecule has 41 heteroatoms. The number of hydrogen-bond acceptors (Lipinski definition) is 25. The zero-order valence-corrected chi connectivity index (χ0v) is 66.7. The molecule has 101 heavy (non-hydrogen) atoms. The van der Waals surface area contributed by atoms with Crippen molar-refractivity contribution in [2.45, 2.75) is 9.79 Å². The van der Waals surface area contributed by atoms with Crippen molar-refractivity contribution in [3.05, 3.63) is 204 Å². The normalized spacial score (nSPS) is 12.1. The number of fused-ring (bicyclic) bond motifs is 4. The number of nitrogens with zero attached hydrogens (tertiary/aromatic N) is 12. The van der Waals surface area contributed by atoms with Crippen molar-refractivity contribution >= 4 is 164 Å². The van der Waals surface area contributed by atoms with Gasteiger partial charge in [0.2, 0.25) is 33.7 Å². The number of nitrogens with one attached hydrogen (secondary N) is 2. The van der Waals surface area contributed by atoms with Crippen LogP contribution in [0.4, 0.5) is 57.4 Å². The minimum atomic E-state index is -4.95. The molecule has 0 unspecified atom stereocenters. The van der Waals surface area contributed by atoms with Gasteiger partial charge >= 0.3 is 118 Å². The summed E-state index contributed by atoms with van der Waals surface area (Å²) in [5.74, 6) is -4.43. The number of anilines is 4. The maximum absolute atomic E-state index is 13.1. The van der Waals surface area contributed by atoms with Gasteiger partial charge in [-0.3, -0.25) is 33.4 Å². The summed E-state index contributed by atoms with van der Waals surface area (Å²) in [7, 11) is -19.2. The van der Waals surface area contributed by atoms with E-state index in [0.717, 1.165) is 21.3 Å². The Bertz CT molecular complexity index is 5480. The van der Waals surface area contributed by atoms with Crippen LogP contribution in [-0.2, 0) is 57.8 Å². The maximum atomic E-state index is 13.1. The first-order valence-electron chi connectivity index (χ1n) is 27.2. The molecule has 0 atom stereocenters. The summed E-state index contributed by atoms with van der Waals surface area (Å²) >= 11 is 12.3. The van der Waals surface area contributed by atoms with Gasteiger partial charge in [0.25, 0.3) is 30.4 Å². The summed E-state index contributed by atoms with van der Waals surface area (Å²) in [4.78, 5) is 30.9. The van der Waals surface area contributed by atoms with Gasteiger partial charge in [0, 0.05) is 67.1 Å². The number of phenolic OH excluding ortho intramolecular Hbond substituents is 2. The van der Waals surface area contributed by atoms with Crippen molar-refractivity contribution < 1.29 is 208 Å². The van der Waals surface area contributed by atoms with Gasteiger partial charge in [-0.2, -0.15) is 55.4 Å². The van der Waals surface area contributed by atoms with E-state index in [2.05, 4.69) is 60.3 Å². The van der Waals surface area contributed by atoms with Gasteiger partial charge in [0.15, 0.2) is 5.88 Å². The topological polar surface area (TPSA) is 471 Å². The molecule has 0 aliphatic carbocycles. The van der Waals surface area contributed by atoms with E-state index in [-0.39, 0.29) is 236 Å². The van der Waals surface area contributed by atoms with Crippen molar-refractivity contribution in [3.63, 3.8) is 0 Å². The second-order valence-electron chi connectivity index (χ2n) is 20.2. The number of aromatic amines is 2. The van der Waals surface area contributed by atoms with Crippen LogP contribution in [0.5, 0.6) is 23.0 Å². The van der Waals surface area contributed by atoms with Crippen LogP contribution in [0.2, 0.25) is 10.6 Å². The van der Waals surface area contributed by atoms with Gasteiger partial charge < -0.3 is 25.0 Å². The van der Waals surface area contributed by atoms with Crippen LogP contribution in [0.25, 0.3) is 43.1 Å². The number of benzene rings is 10. The molecule has 0 saturated carbocycles. The van der Waals surface area contributed by atoms with Crippen molar-refractivity contribution in [1.82, 2.24) is 29.9 Å². The molecule has 0 amide bonds. The molecule has 2 heterocycles. The fourth-order valence-corrected chi connectivity index (χ4v) is 12.6. The Morgan fingerprint density at radius 3 is 1.29 bits per heavy atom. The molecule has 30 nitrogen and oxygen atoms in total. The average Bonchev–Trinajstić information content (AvgIpc) is 0.767. The average molecular weight is 1560 g/mol. The van der Waals surface area contributed by atoms with Gasteiger partial charge in [-0.15, -0.1) is 10.2 Å². The number of phenols is 2. The number of para-hydroxylation sites is 2. The van der Waals surface area contributed by atoms with Gasteiger partial charge in [0.1, 0.15) is 48.7 Å². The number of hydrogen-bond donors (Lipinski definition) is 7. The van der Waals surface area contributed by atoms with E-state index < -0.39 is 79.3 Å². The summed E-state index contributed by atoms with van der Waals surface area (Å²) in [5.41, 5.74) is -0.125. The monoisotopic (exact) mass is 1560 g/mol. The predicted molar refractivity (Wildman–Crippen MR) is 347 cm³/mol. The predicted octanol–water partition coefficient (Wildman–Crippen LogP) is -1.49. The Hall–Kier alpha value is -6.39. The zero-order chi connectivity index (χ0) is 68.4.